The fourth-order valence-corrected chi connectivity index (χ4v) is 1.48. The lowest BCUT2D eigenvalue weighted by molar-refractivity contribution is 0.0858. The Labute approximate surface area is 88.8 Å². The monoisotopic (exact) mass is 202 g/mol. The van der Waals surface area contributed by atoms with Crippen LogP contribution in [0.5, 0.6) is 0 Å². The van der Waals surface area contributed by atoms with E-state index in [-0.39, 0.29) is 11.2 Å². The van der Waals surface area contributed by atoms with Crippen LogP contribution >= 0.6 is 0 Å². The highest BCUT2D eigenvalue weighted by molar-refractivity contribution is 6.00. The predicted molar refractivity (Wildman–Crippen MR) is 59.0 cm³/mol. The van der Waals surface area contributed by atoms with Crippen LogP contribution in [0.4, 0.5) is 0 Å². The molecular formula is C12H14N2O. The topological polar surface area (TPSA) is 34.4 Å². The van der Waals surface area contributed by atoms with E-state index in [1.165, 1.54) is 0 Å². The lowest BCUT2D eigenvalue weighted by Crippen LogP contribution is -2.20. The van der Waals surface area contributed by atoms with Crippen molar-refractivity contribution in [1.82, 2.24) is 9.38 Å². The Balaban J connectivity index is 2.49. The number of rotatable bonds is 1. The quantitative estimate of drug-likeness (QED) is 0.666. The van der Waals surface area contributed by atoms with Crippen molar-refractivity contribution in [3.05, 3.63) is 36.3 Å². The van der Waals surface area contributed by atoms with Gasteiger partial charge in [-0.05, 0) is 12.1 Å². The number of ketones is 1. The third kappa shape index (κ3) is 1.77. The Morgan fingerprint density at radius 1 is 1.33 bits per heavy atom. The fraction of sp³-hybridized carbons (Fsp3) is 0.333. The van der Waals surface area contributed by atoms with Gasteiger partial charge in [0.15, 0.2) is 5.78 Å². The van der Waals surface area contributed by atoms with Crippen LogP contribution in [0, 0.1) is 5.41 Å². The van der Waals surface area contributed by atoms with Crippen molar-refractivity contribution >= 4 is 11.4 Å². The zero-order valence-electron chi connectivity index (χ0n) is 9.19. The standard InChI is InChI=1S/C12H14N2O/c1-12(2,3)11(15)9-4-6-14-7-5-13-10(14)8-9/h4-8H,1-3H3. The van der Waals surface area contributed by atoms with E-state index in [9.17, 15) is 4.79 Å². The van der Waals surface area contributed by atoms with Gasteiger partial charge in [0.25, 0.3) is 0 Å². The van der Waals surface area contributed by atoms with E-state index in [2.05, 4.69) is 4.98 Å². The van der Waals surface area contributed by atoms with Crippen molar-refractivity contribution in [2.75, 3.05) is 0 Å². The second-order valence-electron chi connectivity index (χ2n) is 4.69. The van der Waals surface area contributed by atoms with Gasteiger partial charge >= 0.3 is 0 Å². The minimum absolute atomic E-state index is 0.146. The van der Waals surface area contributed by atoms with Gasteiger partial charge in [-0.15, -0.1) is 0 Å². The maximum atomic E-state index is 12.0. The van der Waals surface area contributed by atoms with E-state index in [4.69, 9.17) is 0 Å². The van der Waals surface area contributed by atoms with Crippen LogP contribution in [-0.4, -0.2) is 15.2 Å². The molecule has 0 radical (unpaired) electrons. The lowest BCUT2D eigenvalue weighted by Gasteiger charge is -2.16. The van der Waals surface area contributed by atoms with Gasteiger partial charge in [0.1, 0.15) is 5.65 Å². The molecule has 3 heteroatoms. The Morgan fingerprint density at radius 2 is 2.07 bits per heavy atom. The van der Waals surface area contributed by atoms with Crippen molar-refractivity contribution in [1.29, 1.82) is 0 Å². The Bertz CT molecular complexity index is 506. The van der Waals surface area contributed by atoms with E-state index in [1.54, 1.807) is 6.20 Å². The first-order valence-corrected chi connectivity index (χ1v) is 4.96. The summed E-state index contributed by atoms with van der Waals surface area (Å²) >= 11 is 0. The first-order valence-electron chi connectivity index (χ1n) is 4.96. The molecule has 0 bridgehead atoms. The molecule has 0 aliphatic carbocycles. The number of hydrogen-bond donors (Lipinski definition) is 0. The van der Waals surface area contributed by atoms with Crippen molar-refractivity contribution in [2.45, 2.75) is 20.8 Å². The number of fused-ring (bicyclic) bond motifs is 1. The van der Waals surface area contributed by atoms with Crippen LogP contribution in [0.15, 0.2) is 30.7 Å². The molecular weight excluding hydrogens is 188 g/mol. The largest absolute Gasteiger partial charge is 0.307 e. The number of carbonyl (C=O) groups excluding carboxylic acids is 1. The van der Waals surface area contributed by atoms with E-state index >= 15 is 0 Å². The molecule has 0 aliphatic heterocycles. The molecule has 0 aromatic carbocycles. The summed E-state index contributed by atoms with van der Waals surface area (Å²) in [4.78, 5) is 16.1. The SMILES string of the molecule is CC(C)(C)C(=O)c1ccn2ccnc2c1. The molecule has 0 unspecified atom stereocenters. The van der Waals surface area contributed by atoms with Gasteiger partial charge in [-0.25, -0.2) is 4.98 Å². The van der Waals surface area contributed by atoms with Crippen LogP contribution in [0.3, 0.4) is 0 Å². The number of Topliss-reactive ketones (excluding diaryl/α,β-unsaturated/α-hetero) is 1. The number of nitrogens with zero attached hydrogens (tertiary/aromatic N) is 2. The highest BCUT2D eigenvalue weighted by atomic mass is 16.1. The summed E-state index contributed by atoms with van der Waals surface area (Å²) in [6, 6.07) is 3.66. The molecule has 15 heavy (non-hydrogen) atoms. The van der Waals surface area contributed by atoms with Gasteiger partial charge in [-0.1, -0.05) is 20.8 Å². The molecule has 2 heterocycles. The van der Waals surface area contributed by atoms with Gasteiger partial charge in [0.05, 0.1) is 0 Å². The second-order valence-corrected chi connectivity index (χ2v) is 4.69. The van der Waals surface area contributed by atoms with Crippen molar-refractivity contribution < 1.29 is 4.79 Å². The van der Waals surface area contributed by atoms with Gasteiger partial charge < -0.3 is 4.40 Å². The van der Waals surface area contributed by atoms with E-state index in [0.717, 1.165) is 11.2 Å². The molecule has 0 spiro atoms. The van der Waals surface area contributed by atoms with Crippen LogP contribution in [-0.2, 0) is 0 Å². The molecule has 3 nitrogen and oxygen atoms in total. The minimum Gasteiger partial charge on any atom is -0.307 e. The average molecular weight is 202 g/mol. The van der Waals surface area contributed by atoms with Gasteiger partial charge in [0.2, 0.25) is 0 Å². The molecule has 2 aromatic heterocycles. The van der Waals surface area contributed by atoms with Crippen LogP contribution in [0.1, 0.15) is 31.1 Å². The summed E-state index contributed by atoms with van der Waals surface area (Å²) in [6.45, 7) is 5.77. The molecule has 2 aromatic rings. The summed E-state index contributed by atoms with van der Waals surface area (Å²) in [5.41, 5.74) is 1.19. The first-order chi connectivity index (χ1) is 6.98. The molecule has 0 atom stereocenters. The van der Waals surface area contributed by atoms with Gasteiger partial charge in [0, 0.05) is 29.6 Å². The number of hydrogen-bond acceptors (Lipinski definition) is 2. The smallest absolute Gasteiger partial charge is 0.168 e. The molecule has 0 N–H and O–H groups in total. The van der Waals surface area contributed by atoms with Gasteiger partial charge in [-0.3, -0.25) is 4.79 Å². The zero-order valence-corrected chi connectivity index (χ0v) is 9.19. The highest BCUT2D eigenvalue weighted by Gasteiger charge is 2.22. The number of carbonyl (C=O) groups is 1. The summed E-state index contributed by atoms with van der Waals surface area (Å²) in [5.74, 6) is 0.146. The third-order valence-electron chi connectivity index (χ3n) is 2.34. The number of pyridine rings is 1. The third-order valence-corrected chi connectivity index (χ3v) is 2.34. The van der Waals surface area contributed by atoms with E-state index in [0.29, 0.717) is 0 Å². The van der Waals surface area contributed by atoms with Crippen molar-refractivity contribution in [2.24, 2.45) is 5.41 Å². The summed E-state index contributed by atoms with van der Waals surface area (Å²) in [7, 11) is 0. The molecule has 0 amide bonds. The molecule has 0 fully saturated rings. The van der Waals surface area contributed by atoms with Gasteiger partial charge in [-0.2, -0.15) is 0 Å². The molecule has 0 aliphatic rings. The Morgan fingerprint density at radius 3 is 2.73 bits per heavy atom. The van der Waals surface area contributed by atoms with Crippen LogP contribution in [0.25, 0.3) is 5.65 Å². The first kappa shape index (κ1) is 9.90. The maximum absolute atomic E-state index is 12.0. The van der Waals surface area contributed by atoms with Crippen molar-refractivity contribution in [3.63, 3.8) is 0 Å². The average Bonchev–Trinajstić information content (AvgIpc) is 2.61. The van der Waals surface area contributed by atoms with Crippen molar-refractivity contribution in [3.8, 4) is 0 Å². The highest BCUT2D eigenvalue weighted by Crippen LogP contribution is 2.21. The number of imidazole rings is 1. The normalized spacial score (nSPS) is 11.9. The zero-order chi connectivity index (χ0) is 11.1. The van der Waals surface area contributed by atoms with Crippen LogP contribution in [0.2, 0.25) is 0 Å². The molecule has 78 valence electrons. The van der Waals surface area contributed by atoms with Crippen LogP contribution < -0.4 is 0 Å². The maximum Gasteiger partial charge on any atom is 0.168 e. The number of aromatic nitrogens is 2. The lowest BCUT2D eigenvalue weighted by atomic mass is 9.87. The summed E-state index contributed by atoms with van der Waals surface area (Å²) < 4.78 is 1.89. The van der Waals surface area contributed by atoms with E-state index in [1.807, 2.05) is 49.7 Å². The summed E-state index contributed by atoms with van der Waals surface area (Å²) in [5, 5.41) is 0. The molecule has 0 saturated carbocycles. The molecule has 0 saturated heterocycles. The Kier molecular flexibility index (Phi) is 2.11. The Hall–Kier alpha value is -1.64. The minimum atomic E-state index is -0.342. The second kappa shape index (κ2) is 3.19. The fourth-order valence-electron chi connectivity index (χ4n) is 1.48. The predicted octanol–water partition coefficient (Wildman–Crippen LogP) is 2.56. The summed E-state index contributed by atoms with van der Waals surface area (Å²) in [6.07, 6.45) is 5.45. The molecule has 2 rings (SSSR count). The van der Waals surface area contributed by atoms with E-state index < -0.39 is 0 Å².